The summed E-state index contributed by atoms with van der Waals surface area (Å²) >= 11 is 0. The summed E-state index contributed by atoms with van der Waals surface area (Å²) in [6.07, 6.45) is 0. The van der Waals surface area contributed by atoms with E-state index < -0.39 is 0 Å². The van der Waals surface area contributed by atoms with Gasteiger partial charge in [0.2, 0.25) is 0 Å². The molecule has 2 aromatic rings. The molecule has 0 radical (unpaired) electrons. The van der Waals surface area contributed by atoms with Crippen LogP contribution >= 0.6 is 0 Å². The summed E-state index contributed by atoms with van der Waals surface area (Å²) in [7, 11) is 1.71. The number of nitriles is 2. The molecule has 4 nitrogen and oxygen atoms in total. The monoisotopic (exact) mass is 212 g/mol. The summed E-state index contributed by atoms with van der Waals surface area (Å²) in [4.78, 5) is 0. The van der Waals surface area contributed by atoms with Crippen molar-refractivity contribution in [1.82, 2.24) is 9.78 Å². The molecule has 16 heavy (non-hydrogen) atoms. The number of aromatic nitrogens is 2. The standard InChI is InChI=1S/C10H6N4.C2H6/c1-14-10(6-12)8-3-2-7(5-11)4-9(8)13-14;1-2/h2-4H,1H3;1-2H3. The number of rotatable bonds is 0. The summed E-state index contributed by atoms with van der Waals surface area (Å²) in [6.45, 7) is 4.00. The molecule has 0 saturated heterocycles. The third-order valence-corrected chi connectivity index (χ3v) is 2.07. The van der Waals surface area contributed by atoms with Gasteiger partial charge in [0.15, 0.2) is 0 Å². The van der Waals surface area contributed by atoms with Gasteiger partial charge in [-0.3, -0.25) is 4.68 Å². The molecule has 0 aliphatic rings. The molecule has 2 rings (SSSR count). The van der Waals surface area contributed by atoms with Crippen LogP contribution in [0.2, 0.25) is 0 Å². The van der Waals surface area contributed by atoms with E-state index in [1.165, 1.54) is 4.68 Å². The summed E-state index contributed by atoms with van der Waals surface area (Å²) in [5, 5.41) is 22.5. The van der Waals surface area contributed by atoms with Gasteiger partial charge in [0.05, 0.1) is 17.1 Å². The first-order valence-electron chi connectivity index (χ1n) is 5.03. The smallest absolute Gasteiger partial charge is 0.146 e. The van der Waals surface area contributed by atoms with E-state index in [0.717, 1.165) is 5.39 Å². The molecule has 1 aromatic carbocycles. The second kappa shape index (κ2) is 4.95. The van der Waals surface area contributed by atoms with Gasteiger partial charge in [-0.1, -0.05) is 13.8 Å². The molecule has 4 heteroatoms. The Balaban J connectivity index is 0.000000606. The van der Waals surface area contributed by atoms with E-state index in [0.29, 0.717) is 16.8 Å². The molecule has 0 fully saturated rings. The second-order valence-electron chi connectivity index (χ2n) is 2.93. The Hall–Kier alpha value is -2.33. The molecule has 0 amide bonds. The summed E-state index contributed by atoms with van der Waals surface area (Å²) in [5.41, 5.74) is 1.76. The van der Waals surface area contributed by atoms with Crippen LogP contribution in [0.3, 0.4) is 0 Å². The third-order valence-electron chi connectivity index (χ3n) is 2.07. The maximum atomic E-state index is 8.86. The third kappa shape index (κ3) is 1.87. The molecule has 1 heterocycles. The largest absolute Gasteiger partial charge is 0.257 e. The number of nitrogens with zero attached hydrogens (tertiary/aromatic N) is 4. The maximum Gasteiger partial charge on any atom is 0.146 e. The summed E-state index contributed by atoms with van der Waals surface area (Å²) in [5.74, 6) is 0. The predicted molar refractivity (Wildman–Crippen MR) is 61.5 cm³/mol. The van der Waals surface area contributed by atoms with Crippen LogP contribution in [0.25, 0.3) is 10.9 Å². The van der Waals surface area contributed by atoms with Gasteiger partial charge in [0.25, 0.3) is 0 Å². The van der Waals surface area contributed by atoms with E-state index in [1.807, 2.05) is 19.9 Å². The highest BCUT2D eigenvalue weighted by Crippen LogP contribution is 2.17. The van der Waals surface area contributed by atoms with Crippen LogP contribution in [0.1, 0.15) is 25.1 Å². The molecular formula is C12H12N4. The molecule has 0 N–H and O–H groups in total. The van der Waals surface area contributed by atoms with Crippen LogP contribution in [0.4, 0.5) is 0 Å². The van der Waals surface area contributed by atoms with Crippen LogP contribution in [0.5, 0.6) is 0 Å². The average Bonchev–Trinajstić information content (AvgIpc) is 2.65. The molecule has 1 aromatic heterocycles. The van der Waals surface area contributed by atoms with Crippen LogP contribution in [0.15, 0.2) is 18.2 Å². The SMILES string of the molecule is CC.Cn1nc2cc(C#N)ccc2c1C#N. The lowest BCUT2D eigenvalue weighted by atomic mass is 10.1. The van der Waals surface area contributed by atoms with E-state index in [-0.39, 0.29) is 0 Å². The first-order valence-corrected chi connectivity index (χ1v) is 5.03. The molecule has 0 spiro atoms. The number of aryl methyl sites for hydroxylation is 1. The number of benzene rings is 1. The second-order valence-corrected chi connectivity index (χ2v) is 2.93. The Bertz CT molecular complexity index is 581. The molecule has 80 valence electrons. The Morgan fingerprint density at radius 1 is 1.19 bits per heavy atom. The van der Waals surface area contributed by atoms with E-state index in [1.54, 1.807) is 25.2 Å². The van der Waals surface area contributed by atoms with Gasteiger partial charge in [-0.15, -0.1) is 0 Å². The van der Waals surface area contributed by atoms with Crippen molar-refractivity contribution in [3.8, 4) is 12.1 Å². The minimum absolute atomic E-state index is 0.518. The molecule has 0 unspecified atom stereocenters. The highest BCUT2D eigenvalue weighted by atomic mass is 15.3. The van der Waals surface area contributed by atoms with Crippen molar-refractivity contribution in [3.05, 3.63) is 29.5 Å². The van der Waals surface area contributed by atoms with Crippen LogP contribution in [-0.4, -0.2) is 9.78 Å². The fourth-order valence-corrected chi connectivity index (χ4v) is 1.40. The van der Waals surface area contributed by atoms with Gasteiger partial charge in [-0.25, -0.2) is 0 Å². The van der Waals surface area contributed by atoms with E-state index in [4.69, 9.17) is 10.5 Å². The molecular weight excluding hydrogens is 200 g/mol. The maximum absolute atomic E-state index is 8.86. The first kappa shape index (κ1) is 11.7. The summed E-state index contributed by atoms with van der Waals surface area (Å²) < 4.78 is 1.52. The highest BCUT2D eigenvalue weighted by Gasteiger charge is 2.07. The van der Waals surface area contributed by atoms with Crippen LogP contribution in [0, 0.1) is 22.7 Å². The highest BCUT2D eigenvalue weighted by molar-refractivity contribution is 5.84. The lowest BCUT2D eigenvalue weighted by molar-refractivity contribution is 0.767. The van der Waals surface area contributed by atoms with E-state index >= 15 is 0 Å². The zero-order valence-corrected chi connectivity index (χ0v) is 9.52. The zero-order valence-electron chi connectivity index (χ0n) is 9.52. The van der Waals surface area contributed by atoms with Gasteiger partial charge >= 0.3 is 0 Å². The minimum atomic E-state index is 0.518. The van der Waals surface area contributed by atoms with E-state index in [9.17, 15) is 0 Å². The van der Waals surface area contributed by atoms with Gasteiger partial charge in [-0.05, 0) is 18.2 Å². The van der Waals surface area contributed by atoms with Crippen molar-refractivity contribution in [2.75, 3.05) is 0 Å². The van der Waals surface area contributed by atoms with Crippen molar-refractivity contribution in [2.45, 2.75) is 13.8 Å². The number of fused-ring (bicyclic) bond motifs is 1. The topological polar surface area (TPSA) is 65.4 Å². The molecule has 0 saturated carbocycles. The van der Waals surface area contributed by atoms with Crippen molar-refractivity contribution in [3.63, 3.8) is 0 Å². The van der Waals surface area contributed by atoms with Gasteiger partial charge in [-0.2, -0.15) is 15.6 Å². The lowest BCUT2D eigenvalue weighted by Crippen LogP contribution is -1.92. The molecule has 0 bridgehead atoms. The van der Waals surface area contributed by atoms with Crippen molar-refractivity contribution in [2.24, 2.45) is 7.05 Å². The Morgan fingerprint density at radius 2 is 1.88 bits per heavy atom. The minimum Gasteiger partial charge on any atom is -0.257 e. The van der Waals surface area contributed by atoms with Gasteiger partial charge in [0, 0.05) is 12.4 Å². The molecule has 0 atom stereocenters. The molecule has 0 aliphatic carbocycles. The fourth-order valence-electron chi connectivity index (χ4n) is 1.40. The van der Waals surface area contributed by atoms with Gasteiger partial charge < -0.3 is 0 Å². The predicted octanol–water partition coefficient (Wildman–Crippen LogP) is 2.34. The quantitative estimate of drug-likeness (QED) is 0.673. The number of hydrogen-bond donors (Lipinski definition) is 0. The van der Waals surface area contributed by atoms with Crippen molar-refractivity contribution >= 4 is 10.9 Å². The van der Waals surface area contributed by atoms with Crippen molar-refractivity contribution < 1.29 is 0 Å². The summed E-state index contributed by atoms with van der Waals surface area (Å²) in [6, 6.07) is 9.22. The lowest BCUT2D eigenvalue weighted by Gasteiger charge is -1.88. The first-order chi connectivity index (χ1) is 7.76. The zero-order chi connectivity index (χ0) is 12.1. The average molecular weight is 212 g/mol. The fraction of sp³-hybridized carbons (Fsp3) is 0.250. The Labute approximate surface area is 94.3 Å². The number of hydrogen-bond acceptors (Lipinski definition) is 3. The van der Waals surface area contributed by atoms with Gasteiger partial charge in [0.1, 0.15) is 11.8 Å². The van der Waals surface area contributed by atoms with Crippen LogP contribution < -0.4 is 0 Å². The molecule has 0 aliphatic heterocycles. The van der Waals surface area contributed by atoms with Crippen LogP contribution in [-0.2, 0) is 7.05 Å². The normalized spacial score (nSPS) is 8.81. The Morgan fingerprint density at radius 3 is 2.44 bits per heavy atom. The Kier molecular flexibility index (Phi) is 3.63. The van der Waals surface area contributed by atoms with E-state index in [2.05, 4.69) is 11.2 Å². The van der Waals surface area contributed by atoms with Crippen molar-refractivity contribution in [1.29, 1.82) is 10.5 Å².